The molecule has 1 saturated carbocycles. The van der Waals surface area contributed by atoms with Crippen molar-refractivity contribution in [2.24, 2.45) is 23.2 Å². The van der Waals surface area contributed by atoms with Crippen molar-refractivity contribution < 1.29 is 9.53 Å². The largest absolute Gasteiger partial charge is 0.381 e. The normalized spacial score (nSPS) is 29.6. The lowest BCUT2D eigenvalue weighted by atomic mass is 9.61. The molecule has 1 amide bonds. The molecule has 1 aromatic carbocycles. The van der Waals surface area contributed by atoms with E-state index in [-0.39, 0.29) is 28.9 Å². The van der Waals surface area contributed by atoms with Crippen LogP contribution in [-0.4, -0.2) is 46.8 Å². The molecule has 8 heteroatoms. The number of carbonyl (C=O) groups is 1. The van der Waals surface area contributed by atoms with Crippen molar-refractivity contribution in [2.45, 2.75) is 43.7 Å². The number of ether oxygens (including phenoxy) is 1. The summed E-state index contributed by atoms with van der Waals surface area (Å²) in [5, 5.41) is 4.15. The van der Waals surface area contributed by atoms with Gasteiger partial charge in [0, 0.05) is 38.2 Å². The molecule has 2 aliphatic carbocycles. The topological polar surface area (TPSA) is 103 Å². The molecular formula is C23H27N5O3. The van der Waals surface area contributed by atoms with E-state index < -0.39 is 5.54 Å². The number of nitrogens with two attached hydrogens (primary N) is 1. The monoisotopic (exact) mass is 421 g/mol. The molecule has 2 N–H and O–H groups in total. The lowest BCUT2D eigenvalue weighted by molar-refractivity contribution is -0.137. The van der Waals surface area contributed by atoms with Gasteiger partial charge in [-0.05, 0) is 54.9 Å². The predicted molar refractivity (Wildman–Crippen MR) is 116 cm³/mol. The van der Waals surface area contributed by atoms with Crippen molar-refractivity contribution in [1.82, 2.24) is 14.7 Å². The Labute approximate surface area is 180 Å². The fraction of sp³-hybridized carbons (Fsp3) is 0.478. The molecule has 8 nitrogen and oxygen atoms in total. The maximum atomic E-state index is 13.7. The van der Waals surface area contributed by atoms with Gasteiger partial charge in [0.25, 0.3) is 11.5 Å². The van der Waals surface area contributed by atoms with Crippen LogP contribution in [0.3, 0.4) is 0 Å². The van der Waals surface area contributed by atoms with Crippen LogP contribution >= 0.6 is 0 Å². The molecule has 5 rings (SSSR count). The minimum absolute atomic E-state index is 0.0705. The van der Waals surface area contributed by atoms with Crippen molar-refractivity contribution in [1.29, 1.82) is 0 Å². The SMILES string of the molecule is COC1CCC2(CC1)Cc1ccc(-c3cnn(C)c(=O)c3)cc1C21N=C(N)N(C)C1=O. The van der Waals surface area contributed by atoms with E-state index in [1.54, 1.807) is 33.5 Å². The summed E-state index contributed by atoms with van der Waals surface area (Å²) >= 11 is 0. The molecule has 3 aliphatic rings. The number of benzene rings is 1. The Morgan fingerprint density at radius 2 is 1.87 bits per heavy atom. The zero-order chi connectivity index (χ0) is 22.0. The molecule has 1 aromatic heterocycles. The number of nitrogens with zero attached hydrogens (tertiary/aromatic N) is 4. The molecule has 1 aliphatic heterocycles. The highest BCUT2D eigenvalue weighted by Gasteiger charge is 2.66. The standard InChI is InChI=1S/C23H27N5O3/c1-27-20(30)23(26-21(27)24)18-10-14(16-11-19(29)28(2)25-13-16)4-5-15(18)12-22(23)8-6-17(31-3)7-9-22/h4-5,10-11,13,17H,6-9,12H2,1-3H3,(H2,24,26). The van der Waals surface area contributed by atoms with Crippen LogP contribution in [0.25, 0.3) is 11.1 Å². The van der Waals surface area contributed by atoms with Gasteiger partial charge in [-0.15, -0.1) is 0 Å². The number of amides is 1. The third-order valence-corrected chi connectivity index (χ3v) is 7.56. The molecule has 0 radical (unpaired) electrons. The number of aliphatic imine (C=N–C) groups is 1. The van der Waals surface area contributed by atoms with Gasteiger partial charge in [-0.2, -0.15) is 5.10 Å². The second-order valence-corrected chi connectivity index (χ2v) is 9.01. The fourth-order valence-corrected chi connectivity index (χ4v) is 5.73. The Balaban J connectivity index is 1.68. The van der Waals surface area contributed by atoms with Gasteiger partial charge in [0.05, 0.1) is 12.3 Å². The fourth-order valence-electron chi connectivity index (χ4n) is 5.73. The van der Waals surface area contributed by atoms with E-state index in [1.807, 2.05) is 12.1 Å². The predicted octanol–water partition coefficient (Wildman–Crippen LogP) is 1.56. The van der Waals surface area contributed by atoms with E-state index in [0.717, 1.165) is 54.4 Å². The van der Waals surface area contributed by atoms with Crippen LogP contribution < -0.4 is 11.3 Å². The molecule has 2 aromatic rings. The van der Waals surface area contributed by atoms with Gasteiger partial charge in [0.1, 0.15) is 0 Å². The molecular weight excluding hydrogens is 394 g/mol. The first kappa shape index (κ1) is 19.9. The Kier molecular flexibility index (Phi) is 4.34. The van der Waals surface area contributed by atoms with Crippen LogP contribution in [0, 0.1) is 5.41 Å². The summed E-state index contributed by atoms with van der Waals surface area (Å²) in [6.07, 6.45) is 6.14. The summed E-state index contributed by atoms with van der Waals surface area (Å²) in [6.45, 7) is 0. The molecule has 2 spiro atoms. The molecule has 0 bridgehead atoms. The number of likely N-dealkylation sites (N-methyl/N-ethyl adjacent to an activating group) is 1. The first-order valence-electron chi connectivity index (χ1n) is 10.6. The van der Waals surface area contributed by atoms with Crippen LogP contribution in [0.1, 0.15) is 36.8 Å². The summed E-state index contributed by atoms with van der Waals surface area (Å²) in [7, 11) is 5.06. The summed E-state index contributed by atoms with van der Waals surface area (Å²) in [4.78, 5) is 32.2. The van der Waals surface area contributed by atoms with E-state index in [4.69, 9.17) is 15.5 Å². The number of aromatic nitrogens is 2. The smallest absolute Gasteiger partial charge is 0.267 e. The number of fused-ring (bicyclic) bond motifs is 3. The molecule has 31 heavy (non-hydrogen) atoms. The zero-order valence-corrected chi connectivity index (χ0v) is 18.1. The minimum Gasteiger partial charge on any atom is -0.381 e. The average molecular weight is 422 g/mol. The van der Waals surface area contributed by atoms with Gasteiger partial charge in [0.15, 0.2) is 11.5 Å². The van der Waals surface area contributed by atoms with Crippen LogP contribution in [0.15, 0.2) is 40.2 Å². The molecule has 1 fully saturated rings. The van der Waals surface area contributed by atoms with Gasteiger partial charge in [-0.25, -0.2) is 9.67 Å². The van der Waals surface area contributed by atoms with Crippen LogP contribution in [0.2, 0.25) is 0 Å². The number of aryl methyl sites for hydroxylation is 1. The van der Waals surface area contributed by atoms with Crippen molar-refractivity contribution in [3.05, 3.63) is 51.9 Å². The number of hydrogen-bond acceptors (Lipinski definition) is 6. The average Bonchev–Trinajstić information content (AvgIpc) is 3.17. The Bertz CT molecular complexity index is 1160. The Morgan fingerprint density at radius 3 is 2.48 bits per heavy atom. The van der Waals surface area contributed by atoms with Crippen molar-refractivity contribution >= 4 is 11.9 Å². The second-order valence-electron chi connectivity index (χ2n) is 9.01. The van der Waals surface area contributed by atoms with Crippen LogP contribution in [0.5, 0.6) is 0 Å². The van der Waals surface area contributed by atoms with Gasteiger partial charge in [-0.3, -0.25) is 14.5 Å². The highest BCUT2D eigenvalue weighted by molar-refractivity contribution is 6.08. The molecule has 1 atom stereocenters. The molecule has 162 valence electrons. The highest BCUT2D eigenvalue weighted by Crippen LogP contribution is 2.62. The van der Waals surface area contributed by atoms with Crippen LogP contribution in [0.4, 0.5) is 0 Å². The maximum Gasteiger partial charge on any atom is 0.267 e. The lowest BCUT2D eigenvalue weighted by Gasteiger charge is -2.45. The first-order valence-corrected chi connectivity index (χ1v) is 10.6. The molecule has 1 unspecified atom stereocenters. The highest BCUT2D eigenvalue weighted by atomic mass is 16.5. The quantitative estimate of drug-likeness (QED) is 0.793. The van der Waals surface area contributed by atoms with Crippen molar-refractivity contribution in [2.75, 3.05) is 14.2 Å². The first-order chi connectivity index (χ1) is 14.8. The Hall–Kier alpha value is -3.00. The number of methoxy groups -OCH3 is 1. The van der Waals surface area contributed by atoms with E-state index in [9.17, 15) is 9.59 Å². The Morgan fingerprint density at radius 1 is 1.13 bits per heavy atom. The summed E-state index contributed by atoms with van der Waals surface area (Å²) in [6, 6.07) is 7.64. The number of rotatable bonds is 2. The summed E-state index contributed by atoms with van der Waals surface area (Å²) < 4.78 is 6.89. The van der Waals surface area contributed by atoms with Crippen molar-refractivity contribution in [3.8, 4) is 11.1 Å². The van der Waals surface area contributed by atoms with Gasteiger partial charge in [0.2, 0.25) is 0 Å². The number of guanidine groups is 1. The summed E-state index contributed by atoms with van der Waals surface area (Å²) in [5.74, 6) is 0.186. The van der Waals surface area contributed by atoms with Crippen LogP contribution in [-0.2, 0) is 28.5 Å². The van der Waals surface area contributed by atoms with E-state index in [0.29, 0.717) is 0 Å². The van der Waals surface area contributed by atoms with Gasteiger partial charge >= 0.3 is 0 Å². The third-order valence-electron chi connectivity index (χ3n) is 7.56. The minimum atomic E-state index is -1.02. The molecule has 2 heterocycles. The molecule has 0 saturated heterocycles. The van der Waals surface area contributed by atoms with Crippen molar-refractivity contribution in [3.63, 3.8) is 0 Å². The zero-order valence-electron chi connectivity index (χ0n) is 18.1. The number of carbonyl (C=O) groups excluding carboxylic acids is 1. The number of hydrogen-bond donors (Lipinski definition) is 1. The van der Waals surface area contributed by atoms with E-state index in [1.165, 1.54) is 9.58 Å². The van der Waals surface area contributed by atoms with E-state index >= 15 is 0 Å². The van der Waals surface area contributed by atoms with E-state index in [2.05, 4.69) is 11.2 Å². The van der Waals surface area contributed by atoms with Gasteiger partial charge < -0.3 is 10.5 Å². The lowest BCUT2D eigenvalue weighted by Crippen LogP contribution is -2.51. The summed E-state index contributed by atoms with van der Waals surface area (Å²) in [5.41, 5.74) is 8.26. The third kappa shape index (κ3) is 2.64. The van der Waals surface area contributed by atoms with Gasteiger partial charge in [-0.1, -0.05) is 12.1 Å². The maximum absolute atomic E-state index is 13.7. The second kappa shape index (κ2) is 6.75.